The van der Waals surface area contributed by atoms with Gasteiger partial charge < -0.3 is 25.8 Å². The molecular formula is C19H32N4O2S2. The van der Waals surface area contributed by atoms with Gasteiger partial charge in [0.2, 0.25) is 0 Å². The van der Waals surface area contributed by atoms with E-state index < -0.39 is 5.92 Å². The first-order valence-corrected chi connectivity index (χ1v) is 10.0. The van der Waals surface area contributed by atoms with Crippen LogP contribution in [0, 0.1) is 0 Å². The number of hydrogen-bond acceptors (Lipinski definition) is 5. The van der Waals surface area contributed by atoms with Crippen LogP contribution in [0.2, 0.25) is 0 Å². The van der Waals surface area contributed by atoms with Crippen molar-refractivity contribution < 1.29 is 10.2 Å². The number of rotatable bonds is 8. The lowest BCUT2D eigenvalue weighted by atomic mass is 10.1. The molecule has 152 valence electrons. The second-order valence-corrected chi connectivity index (χ2v) is 6.43. The number of nitrogens with one attached hydrogen (secondary N) is 3. The van der Waals surface area contributed by atoms with Gasteiger partial charge in [-0.1, -0.05) is 39.8 Å². The van der Waals surface area contributed by atoms with E-state index in [9.17, 15) is 5.11 Å². The molecule has 0 radical (unpaired) electrons. The first-order chi connectivity index (χ1) is 12.9. The fourth-order valence-corrected chi connectivity index (χ4v) is 2.47. The Hall–Kier alpha value is -1.61. The van der Waals surface area contributed by atoms with Crippen molar-refractivity contribution in [3.05, 3.63) is 30.1 Å². The molecule has 0 aliphatic carbocycles. The number of aromatic nitrogens is 2. The number of hydrogen-bond donors (Lipinski definition) is 5. The zero-order valence-electron chi connectivity index (χ0n) is 16.6. The molecule has 27 heavy (non-hydrogen) atoms. The molecule has 0 fully saturated rings. The van der Waals surface area contributed by atoms with E-state index in [1.807, 2.05) is 24.3 Å². The summed E-state index contributed by atoms with van der Waals surface area (Å²) in [5.41, 5.74) is 1.64. The molecule has 0 aliphatic heterocycles. The third kappa shape index (κ3) is 11.0. The largest absolute Gasteiger partial charge is 0.502 e. The van der Waals surface area contributed by atoms with Crippen molar-refractivity contribution in [1.29, 1.82) is 0 Å². The minimum Gasteiger partial charge on any atom is -0.502 e. The molecule has 1 aromatic carbocycles. The van der Waals surface area contributed by atoms with Gasteiger partial charge in [-0.05, 0) is 62.7 Å². The summed E-state index contributed by atoms with van der Waals surface area (Å²) in [5, 5.41) is 24.4. The van der Waals surface area contributed by atoms with Gasteiger partial charge in [-0.2, -0.15) is 0 Å². The van der Waals surface area contributed by atoms with E-state index >= 15 is 0 Å². The number of imidazole rings is 1. The van der Waals surface area contributed by atoms with Crippen molar-refractivity contribution in [2.24, 2.45) is 0 Å². The highest BCUT2D eigenvalue weighted by molar-refractivity contribution is 7.80. The quantitative estimate of drug-likeness (QED) is 0.418. The van der Waals surface area contributed by atoms with E-state index in [1.54, 1.807) is 0 Å². The maximum atomic E-state index is 9.44. The summed E-state index contributed by atoms with van der Waals surface area (Å²) in [7, 11) is 0. The molecule has 0 bridgehead atoms. The number of aliphatic hydroxyl groups is 2. The Morgan fingerprint density at radius 2 is 1.52 bits per heavy atom. The van der Waals surface area contributed by atoms with E-state index in [2.05, 4.69) is 60.5 Å². The summed E-state index contributed by atoms with van der Waals surface area (Å²) >= 11 is 9.36. The van der Waals surface area contributed by atoms with Crippen LogP contribution < -0.4 is 10.6 Å². The second-order valence-electron chi connectivity index (χ2n) is 5.54. The topological polar surface area (TPSA) is 93.2 Å². The van der Waals surface area contributed by atoms with Gasteiger partial charge in [0.25, 0.3) is 0 Å². The van der Waals surface area contributed by atoms with E-state index in [0.717, 1.165) is 37.2 Å². The molecule has 0 amide bonds. The summed E-state index contributed by atoms with van der Waals surface area (Å²) < 4.78 is 0. The third-order valence-electron chi connectivity index (χ3n) is 3.41. The van der Waals surface area contributed by atoms with E-state index in [1.165, 1.54) is 0 Å². The molecule has 2 aromatic rings. The molecule has 8 heteroatoms. The number of para-hydroxylation sites is 2. The molecule has 1 unspecified atom stereocenters. The fraction of sp³-hybridized carbons (Fsp3) is 0.526. The highest BCUT2D eigenvalue weighted by Gasteiger charge is 2.21. The van der Waals surface area contributed by atoms with Crippen LogP contribution in [0.5, 0.6) is 0 Å². The lowest BCUT2D eigenvalue weighted by Gasteiger charge is -2.09. The Balaban J connectivity index is 0.000000563. The summed E-state index contributed by atoms with van der Waals surface area (Å²) in [5.74, 6) is -0.0648. The molecule has 1 heterocycles. The van der Waals surface area contributed by atoms with E-state index in [4.69, 9.17) is 17.3 Å². The third-order valence-corrected chi connectivity index (χ3v) is 3.87. The Bertz CT molecular complexity index is 634. The summed E-state index contributed by atoms with van der Waals surface area (Å²) in [6.07, 6.45) is 0.0878. The molecule has 2 rings (SSSR count). The van der Waals surface area contributed by atoms with E-state index in [-0.39, 0.29) is 16.5 Å². The average Bonchev–Trinajstić information content (AvgIpc) is 3.05. The van der Waals surface area contributed by atoms with Gasteiger partial charge in [-0.3, -0.25) is 0 Å². The van der Waals surface area contributed by atoms with Crippen LogP contribution in [0.15, 0.2) is 24.3 Å². The Morgan fingerprint density at radius 1 is 1.00 bits per heavy atom. The fourth-order valence-electron chi connectivity index (χ4n) is 2.11. The first-order valence-electron chi connectivity index (χ1n) is 9.21. The Kier molecular flexibility index (Phi) is 14.5. The van der Waals surface area contributed by atoms with Crippen molar-refractivity contribution in [2.45, 2.75) is 40.0 Å². The van der Waals surface area contributed by atoms with E-state index in [0.29, 0.717) is 5.82 Å². The minimum absolute atomic E-state index is 0.0878. The number of fused-ring (bicyclic) bond motifs is 1. The number of thiocarbonyl (C=S) groups is 2. The van der Waals surface area contributed by atoms with Crippen LogP contribution in [0.3, 0.4) is 0 Å². The standard InChI is InChI=1S/C11H10N2O2S2.2C4H11N/c14-9(16)5-6(11(15)17)10-12-7-3-1-2-4-8(7)13-10;2*1-3-5-4-2/h1-4,6H,5H2,(H,12,13)(H,14,16)(H,15,17);2*5H,3-4H2,1-2H3. The number of aliphatic hydroxyl groups excluding tert-OH is 2. The monoisotopic (exact) mass is 412 g/mol. The molecule has 0 saturated heterocycles. The molecule has 0 aliphatic rings. The molecular weight excluding hydrogens is 380 g/mol. The molecule has 0 saturated carbocycles. The summed E-state index contributed by atoms with van der Waals surface area (Å²) in [4.78, 5) is 7.37. The molecule has 6 nitrogen and oxygen atoms in total. The van der Waals surface area contributed by atoms with Crippen molar-refractivity contribution in [2.75, 3.05) is 26.2 Å². The van der Waals surface area contributed by atoms with Crippen molar-refractivity contribution in [3.8, 4) is 0 Å². The van der Waals surface area contributed by atoms with Crippen LogP contribution >= 0.6 is 24.4 Å². The van der Waals surface area contributed by atoms with Gasteiger partial charge in [-0.15, -0.1) is 0 Å². The van der Waals surface area contributed by atoms with Crippen molar-refractivity contribution in [1.82, 2.24) is 20.6 Å². The maximum Gasteiger partial charge on any atom is 0.167 e. The summed E-state index contributed by atoms with van der Waals surface area (Å²) in [6.45, 7) is 12.8. The predicted molar refractivity (Wildman–Crippen MR) is 122 cm³/mol. The molecule has 1 atom stereocenters. The van der Waals surface area contributed by atoms with Gasteiger partial charge in [0.15, 0.2) is 10.1 Å². The zero-order chi connectivity index (χ0) is 20.7. The maximum absolute atomic E-state index is 9.44. The molecule has 1 aromatic heterocycles. The smallest absolute Gasteiger partial charge is 0.167 e. The van der Waals surface area contributed by atoms with Crippen LogP contribution in [-0.2, 0) is 0 Å². The number of benzene rings is 1. The molecule has 0 spiro atoms. The SMILES string of the molecule is CCNCC.CCNCC.OC(=S)CC(C(O)=S)c1nc2ccccc2[nH]1. The highest BCUT2D eigenvalue weighted by Crippen LogP contribution is 2.21. The zero-order valence-corrected chi connectivity index (χ0v) is 18.2. The van der Waals surface area contributed by atoms with Crippen molar-refractivity contribution in [3.63, 3.8) is 0 Å². The number of aromatic amines is 1. The normalized spacial score (nSPS) is 11.0. The van der Waals surface area contributed by atoms with Crippen LogP contribution in [-0.4, -0.2) is 56.5 Å². The van der Waals surface area contributed by atoms with Gasteiger partial charge in [0.05, 0.1) is 17.0 Å². The lowest BCUT2D eigenvalue weighted by molar-refractivity contribution is 0.507. The lowest BCUT2D eigenvalue weighted by Crippen LogP contribution is -2.14. The highest BCUT2D eigenvalue weighted by atomic mass is 32.1. The first kappa shape index (κ1) is 25.4. The van der Waals surface area contributed by atoms with Crippen molar-refractivity contribution >= 4 is 45.6 Å². The average molecular weight is 413 g/mol. The summed E-state index contributed by atoms with van der Waals surface area (Å²) in [6, 6.07) is 7.48. The van der Waals surface area contributed by atoms with Gasteiger partial charge in [-0.25, -0.2) is 4.98 Å². The van der Waals surface area contributed by atoms with Crippen LogP contribution in [0.4, 0.5) is 0 Å². The van der Waals surface area contributed by atoms with Gasteiger partial charge in [0.1, 0.15) is 5.82 Å². The van der Waals surface area contributed by atoms with Gasteiger partial charge >= 0.3 is 0 Å². The predicted octanol–water partition coefficient (Wildman–Crippen LogP) is 4.04. The van der Waals surface area contributed by atoms with Crippen LogP contribution in [0.25, 0.3) is 11.0 Å². The second kappa shape index (κ2) is 15.4. The van der Waals surface area contributed by atoms with Crippen LogP contribution in [0.1, 0.15) is 45.9 Å². The number of H-pyrrole nitrogens is 1. The Morgan fingerprint density at radius 3 is 1.89 bits per heavy atom. The van der Waals surface area contributed by atoms with Gasteiger partial charge in [0, 0.05) is 6.42 Å². The Labute approximate surface area is 172 Å². The minimum atomic E-state index is -0.574. The molecule has 5 N–H and O–H groups in total. The number of nitrogens with zero attached hydrogens (tertiary/aromatic N) is 1.